The van der Waals surface area contributed by atoms with Gasteiger partial charge in [-0.25, -0.2) is 4.39 Å². The molecule has 3 amide bonds. The monoisotopic (exact) mass is 426 g/mol. The van der Waals surface area contributed by atoms with Gasteiger partial charge in [-0.15, -0.1) is 0 Å². The van der Waals surface area contributed by atoms with Crippen molar-refractivity contribution >= 4 is 50.8 Å². The normalized spacial score (nSPS) is 19.8. The van der Waals surface area contributed by atoms with E-state index in [1.165, 1.54) is 24.3 Å². The Hall–Kier alpha value is -1.67. The fraction of sp³-hybridized carbons (Fsp3) is 0.353. The van der Waals surface area contributed by atoms with Crippen LogP contribution in [0, 0.1) is 5.82 Å². The highest BCUT2D eigenvalue weighted by atomic mass is 79.9. The van der Waals surface area contributed by atoms with Crippen LogP contribution in [-0.2, 0) is 9.59 Å². The Morgan fingerprint density at radius 1 is 1.24 bits per heavy atom. The summed E-state index contributed by atoms with van der Waals surface area (Å²) in [6.07, 6.45) is 4.53. The molecule has 1 aromatic carbocycles. The van der Waals surface area contributed by atoms with Crippen molar-refractivity contribution in [1.82, 2.24) is 9.80 Å². The molecule has 0 aliphatic carbocycles. The molecule has 8 heteroatoms. The molecule has 1 aromatic rings. The number of hydrogen-bond donors (Lipinski definition) is 0. The minimum absolute atomic E-state index is 0.201. The molecule has 2 aliphatic heterocycles. The molecule has 0 N–H and O–H groups in total. The Kier molecular flexibility index (Phi) is 5.58. The molecule has 0 unspecified atom stereocenters. The molecular formula is C17H16BrFN2O3S. The first-order valence-electron chi connectivity index (χ1n) is 7.94. The smallest absolute Gasteiger partial charge is 0.294 e. The second-order valence-electron chi connectivity index (χ2n) is 5.88. The highest BCUT2D eigenvalue weighted by molar-refractivity contribution is 9.10. The zero-order valence-electron chi connectivity index (χ0n) is 13.3. The van der Waals surface area contributed by atoms with Crippen molar-refractivity contribution < 1.29 is 18.8 Å². The first-order valence-corrected chi connectivity index (χ1v) is 9.55. The number of likely N-dealkylation sites (tertiary alicyclic amines) is 1. The largest absolute Gasteiger partial charge is 0.341 e. The maximum Gasteiger partial charge on any atom is 0.294 e. The topological polar surface area (TPSA) is 57.7 Å². The average molecular weight is 427 g/mol. The van der Waals surface area contributed by atoms with Gasteiger partial charge >= 0.3 is 0 Å². The lowest BCUT2D eigenvalue weighted by atomic mass is 10.1. The number of carbonyl (C=O) groups excluding carboxylic acids is 3. The summed E-state index contributed by atoms with van der Waals surface area (Å²) >= 11 is 3.88. The molecule has 2 fully saturated rings. The van der Waals surface area contributed by atoms with Gasteiger partial charge in [0.05, 0.1) is 9.38 Å². The quantitative estimate of drug-likeness (QED) is 0.692. The van der Waals surface area contributed by atoms with E-state index in [1.54, 1.807) is 4.90 Å². The van der Waals surface area contributed by atoms with Crippen molar-refractivity contribution in [2.75, 3.05) is 19.6 Å². The van der Waals surface area contributed by atoms with E-state index in [-0.39, 0.29) is 21.8 Å². The Balaban J connectivity index is 1.72. The number of benzene rings is 1. The zero-order chi connectivity index (χ0) is 18.0. The van der Waals surface area contributed by atoms with Crippen LogP contribution in [0.15, 0.2) is 27.6 Å². The molecule has 0 spiro atoms. The summed E-state index contributed by atoms with van der Waals surface area (Å²) in [5, 5.41) is -0.456. The van der Waals surface area contributed by atoms with Gasteiger partial charge in [0.25, 0.3) is 11.1 Å². The molecule has 0 bridgehead atoms. The van der Waals surface area contributed by atoms with Gasteiger partial charge in [-0.3, -0.25) is 19.3 Å². The maximum absolute atomic E-state index is 13.3. The SMILES string of the molecule is O=C(CN1C(=O)S/C(=C/c2ccc(F)c(Br)c2)C1=O)N1CCCCC1. The van der Waals surface area contributed by atoms with Crippen molar-refractivity contribution in [3.8, 4) is 0 Å². The van der Waals surface area contributed by atoms with Crippen LogP contribution in [0.5, 0.6) is 0 Å². The first kappa shape index (κ1) is 18.1. The second kappa shape index (κ2) is 7.70. The third-order valence-corrected chi connectivity index (χ3v) is 5.63. The Labute approximate surface area is 157 Å². The van der Waals surface area contributed by atoms with Gasteiger partial charge in [0.1, 0.15) is 12.4 Å². The third-order valence-electron chi connectivity index (χ3n) is 4.12. The van der Waals surface area contributed by atoms with E-state index < -0.39 is 17.0 Å². The molecule has 25 heavy (non-hydrogen) atoms. The summed E-state index contributed by atoms with van der Waals surface area (Å²) < 4.78 is 13.6. The predicted octanol–water partition coefficient (Wildman–Crippen LogP) is 3.64. The van der Waals surface area contributed by atoms with Crippen molar-refractivity contribution in [2.24, 2.45) is 0 Å². The third kappa shape index (κ3) is 4.12. The number of imide groups is 1. The number of carbonyl (C=O) groups is 3. The van der Waals surface area contributed by atoms with E-state index in [9.17, 15) is 18.8 Å². The van der Waals surface area contributed by atoms with Gasteiger partial charge in [0.15, 0.2) is 0 Å². The second-order valence-corrected chi connectivity index (χ2v) is 7.73. The van der Waals surface area contributed by atoms with Crippen molar-refractivity contribution in [3.05, 3.63) is 39.0 Å². The molecule has 0 aromatic heterocycles. The number of halogens is 2. The standard InChI is InChI=1S/C17H16BrFN2O3S/c18-12-8-11(4-5-13(12)19)9-14-16(23)21(17(24)25-14)10-15(22)20-6-2-1-3-7-20/h4-5,8-9H,1-3,6-7,10H2/b14-9+. The van der Waals surface area contributed by atoms with Crippen LogP contribution in [-0.4, -0.2) is 46.5 Å². The number of rotatable bonds is 3. The molecular weight excluding hydrogens is 411 g/mol. The molecule has 5 nitrogen and oxygen atoms in total. The van der Waals surface area contributed by atoms with Gasteiger partial charge in [0, 0.05) is 13.1 Å². The fourth-order valence-electron chi connectivity index (χ4n) is 2.77. The number of thioether (sulfide) groups is 1. The van der Waals surface area contributed by atoms with Crippen molar-refractivity contribution in [2.45, 2.75) is 19.3 Å². The van der Waals surface area contributed by atoms with E-state index >= 15 is 0 Å². The van der Waals surface area contributed by atoms with Crippen LogP contribution in [0.1, 0.15) is 24.8 Å². The summed E-state index contributed by atoms with van der Waals surface area (Å²) in [4.78, 5) is 39.8. The lowest BCUT2D eigenvalue weighted by Gasteiger charge is -2.27. The van der Waals surface area contributed by atoms with Crippen molar-refractivity contribution in [3.63, 3.8) is 0 Å². The molecule has 0 saturated carbocycles. The van der Waals surface area contributed by atoms with Crippen LogP contribution in [0.3, 0.4) is 0 Å². The van der Waals surface area contributed by atoms with Gasteiger partial charge in [0.2, 0.25) is 5.91 Å². The lowest BCUT2D eigenvalue weighted by Crippen LogP contribution is -2.44. The van der Waals surface area contributed by atoms with E-state index in [0.29, 0.717) is 18.7 Å². The molecule has 0 radical (unpaired) electrons. The van der Waals surface area contributed by atoms with E-state index in [1.807, 2.05) is 0 Å². The molecule has 132 valence electrons. The van der Waals surface area contributed by atoms with Crippen LogP contribution in [0.4, 0.5) is 9.18 Å². The number of hydrogen-bond acceptors (Lipinski definition) is 4. The summed E-state index contributed by atoms with van der Waals surface area (Å²) in [6, 6.07) is 4.33. The van der Waals surface area contributed by atoms with Crippen LogP contribution < -0.4 is 0 Å². The van der Waals surface area contributed by atoms with E-state index in [2.05, 4.69) is 15.9 Å². The number of piperidine rings is 1. The van der Waals surface area contributed by atoms with Crippen LogP contribution >= 0.6 is 27.7 Å². The zero-order valence-corrected chi connectivity index (χ0v) is 15.7. The summed E-state index contributed by atoms with van der Waals surface area (Å²) in [7, 11) is 0. The Morgan fingerprint density at radius 2 is 1.96 bits per heavy atom. The predicted molar refractivity (Wildman–Crippen MR) is 97.2 cm³/mol. The van der Waals surface area contributed by atoms with Gasteiger partial charge < -0.3 is 4.90 Å². The summed E-state index contributed by atoms with van der Waals surface area (Å²) in [6.45, 7) is 1.12. The Bertz CT molecular complexity index is 762. The first-order chi connectivity index (χ1) is 12.0. The number of amides is 3. The van der Waals surface area contributed by atoms with E-state index in [0.717, 1.165) is 35.9 Å². The molecule has 2 aliphatic rings. The minimum atomic E-state index is -0.485. The highest BCUT2D eigenvalue weighted by Crippen LogP contribution is 2.32. The molecule has 2 heterocycles. The van der Waals surface area contributed by atoms with Gasteiger partial charge in [-0.05, 0) is 70.7 Å². The molecule has 3 rings (SSSR count). The van der Waals surface area contributed by atoms with E-state index in [4.69, 9.17) is 0 Å². The van der Waals surface area contributed by atoms with Crippen LogP contribution in [0.2, 0.25) is 0 Å². The summed E-state index contributed by atoms with van der Waals surface area (Å²) in [5.74, 6) is -1.09. The van der Waals surface area contributed by atoms with Gasteiger partial charge in [-0.2, -0.15) is 0 Å². The lowest BCUT2D eigenvalue weighted by molar-refractivity contribution is -0.136. The number of nitrogens with zero attached hydrogens (tertiary/aromatic N) is 2. The van der Waals surface area contributed by atoms with Crippen LogP contribution in [0.25, 0.3) is 6.08 Å². The fourth-order valence-corrected chi connectivity index (χ4v) is 4.00. The Morgan fingerprint density at radius 3 is 2.64 bits per heavy atom. The van der Waals surface area contributed by atoms with Gasteiger partial charge in [-0.1, -0.05) is 6.07 Å². The average Bonchev–Trinajstić information content (AvgIpc) is 2.86. The van der Waals surface area contributed by atoms with Crippen molar-refractivity contribution in [1.29, 1.82) is 0 Å². The minimum Gasteiger partial charge on any atom is -0.341 e. The molecule has 2 saturated heterocycles. The maximum atomic E-state index is 13.3. The highest BCUT2D eigenvalue weighted by Gasteiger charge is 2.37. The summed E-state index contributed by atoms with van der Waals surface area (Å²) in [5.41, 5.74) is 0.598. The molecule has 0 atom stereocenters.